The largest absolute Gasteiger partial charge is 0.497 e. The molecule has 4 heterocycles. The molecule has 0 aliphatic carbocycles. The van der Waals surface area contributed by atoms with E-state index < -0.39 is 0 Å². The highest BCUT2D eigenvalue weighted by atomic mass is 32.2. The van der Waals surface area contributed by atoms with E-state index in [1.54, 1.807) is 23.8 Å². The number of fused-ring (bicyclic) bond motifs is 1. The zero-order chi connectivity index (χ0) is 25.8. The molecule has 1 aromatic carbocycles. The molecule has 0 saturated carbocycles. The number of hydrogen-bond donors (Lipinski definition) is 1. The molecule has 2 fully saturated rings. The van der Waals surface area contributed by atoms with Crippen LogP contribution in [0.25, 0.3) is 11.0 Å². The van der Waals surface area contributed by atoms with Crippen molar-refractivity contribution in [2.75, 3.05) is 48.8 Å². The van der Waals surface area contributed by atoms with Crippen LogP contribution in [0, 0.1) is 5.92 Å². The summed E-state index contributed by atoms with van der Waals surface area (Å²) in [7, 11) is 1.60. The Morgan fingerprint density at radius 2 is 1.97 bits per heavy atom. The molecule has 2 aromatic heterocycles. The van der Waals surface area contributed by atoms with Crippen LogP contribution in [0.2, 0.25) is 0 Å². The number of methoxy groups -OCH3 is 1. The van der Waals surface area contributed by atoms with Gasteiger partial charge < -0.3 is 19.9 Å². The highest BCUT2D eigenvalue weighted by Crippen LogP contribution is 2.30. The molecule has 10 nitrogen and oxygen atoms in total. The van der Waals surface area contributed by atoms with E-state index in [1.165, 1.54) is 12.8 Å². The Kier molecular flexibility index (Phi) is 7.78. The summed E-state index contributed by atoms with van der Waals surface area (Å²) < 4.78 is 7.03. The molecule has 196 valence electrons. The molecule has 1 N–H and O–H groups in total. The van der Waals surface area contributed by atoms with Crippen molar-refractivity contribution in [3.8, 4) is 5.75 Å². The fraction of sp³-hybridized carbons (Fsp3) is 0.500. The summed E-state index contributed by atoms with van der Waals surface area (Å²) in [6.07, 6.45) is 5.43. The molecule has 5 rings (SSSR count). The van der Waals surface area contributed by atoms with Gasteiger partial charge >= 0.3 is 0 Å². The van der Waals surface area contributed by atoms with Crippen molar-refractivity contribution >= 4 is 46.1 Å². The number of nitrogens with one attached hydrogen (secondary N) is 1. The summed E-state index contributed by atoms with van der Waals surface area (Å²) in [6, 6.07) is 7.31. The van der Waals surface area contributed by atoms with Gasteiger partial charge in [-0.25, -0.2) is 14.6 Å². The van der Waals surface area contributed by atoms with Gasteiger partial charge in [0.25, 0.3) is 0 Å². The molecule has 11 heteroatoms. The molecule has 2 aliphatic rings. The van der Waals surface area contributed by atoms with E-state index in [9.17, 15) is 9.59 Å². The molecule has 2 aliphatic heterocycles. The molecule has 0 spiro atoms. The van der Waals surface area contributed by atoms with Crippen LogP contribution < -0.4 is 19.9 Å². The smallest absolute Gasteiger partial charge is 0.227 e. The first-order chi connectivity index (χ1) is 18.1. The highest BCUT2D eigenvalue weighted by molar-refractivity contribution is 7.99. The minimum absolute atomic E-state index is 0.0494. The summed E-state index contributed by atoms with van der Waals surface area (Å²) >= 11 is 1.66. The van der Waals surface area contributed by atoms with E-state index in [0.717, 1.165) is 58.7 Å². The van der Waals surface area contributed by atoms with Crippen LogP contribution in [0.1, 0.15) is 32.6 Å². The molecular formula is C26H33N7O3S. The van der Waals surface area contributed by atoms with Crippen molar-refractivity contribution in [1.82, 2.24) is 25.1 Å². The van der Waals surface area contributed by atoms with Crippen molar-refractivity contribution < 1.29 is 14.3 Å². The lowest BCUT2D eigenvalue weighted by Gasteiger charge is -2.18. The topological polar surface area (TPSA) is 105 Å². The van der Waals surface area contributed by atoms with Gasteiger partial charge in [-0.2, -0.15) is 5.10 Å². The third kappa shape index (κ3) is 5.51. The van der Waals surface area contributed by atoms with Crippen molar-refractivity contribution in [1.29, 1.82) is 0 Å². The molecule has 2 saturated heterocycles. The second kappa shape index (κ2) is 11.4. The summed E-state index contributed by atoms with van der Waals surface area (Å²) in [5, 5.41) is 9.29. The number of nitrogens with zero attached hydrogens (tertiary/aromatic N) is 6. The number of rotatable bonds is 10. The Labute approximate surface area is 220 Å². The van der Waals surface area contributed by atoms with Crippen molar-refractivity contribution in [3.63, 3.8) is 0 Å². The van der Waals surface area contributed by atoms with E-state index in [-0.39, 0.29) is 24.2 Å². The van der Waals surface area contributed by atoms with Gasteiger partial charge in [0.1, 0.15) is 11.6 Å². The molecule has 2 amide bonds. The van der Waals surface area contributed by atoms with E-state index in [1.807, 2.05) is 35.1 Å². The lowest BCUT2D eigenvalue weighted by molar-refractivity contribution is -0.126. The van der Waals surface area contributed by atoms with Crippen molar-refractivity contribution in [2.24, 2.45) is 5.92 Å². The first-order valence-corrected chi connectivity index (χ1v) is 13.9. The number of aromatic nitrogens is 4. The van der Waals surface area contributed by atoms with Crippen LogP contribution in [0.4, 0.5) is 11.5 Å². The Morgan fingerprint density at radius 1 is 1.19 bits per heavy atom. The van der Waals surface area contributed by atoms with E-state index >= 15 is 0 Å². The van der Waals surface area contributed by atoms with Gasteiger partial charge in [-0.15, -0.1) is 0 Å². The van der Waals surface area contributed by atoms with E-state index in [2.05, 4.69) is 22.2 Å². The lowest BCUT2D eigenvalue weighted by Crippen LogP contribution is -2.35. The minimum atomic E-state index is -0.384. The summed E-state index contributed by atoms with van der Waals surface area (Å²) in [5.74, 6) is 2.09. The van der Waals surface area contributed by atoms with Crippen LogP contribution in [0.5, 0.6) is 5.75 Å². The summed E-state index contributed by atoms with van der Waals surface area (Å²) in [5.41, 5.74) is 1.57. The SMILES string of the molecule is CCCSc1nc(N2CCCC2)c2cnn(CCNC(=O)C3CC(=O)N(c4ccc(OC)cc4)C3)c2n1. The maximum atomic E-state index is 12.9. The molecule has 1 atom stereocenters. The standard InChI is InChI=1S/C26H33N7O3S/c1-3-14-37-26-29-23(31-11-4-5-12-31)21-16-28-33(24(21)30-26)13-10-27-25(35)18-15-22(34)32(17-18)19-6-8-20(36-2)9-7-19/h6-9,16,18H,3-5,10-15,17H2,1-2H3,(H,27,35). The number of hydrogen-bond acceptors (Lipinski definition) is 8. The van der Waals surface area contributed by atoms with Gasteiger partial charge in [0.05, 0.1) is 31.2 Å². The molecule has 37 heavy (non-hydrogen) atoms. The maximum absolute atomic E-state index is 12.9. The van der Waals surface area contributed by atoms with Crippen LogP contribution in [0.15, 0.2) is 35.6 Å². The predicted octanol–water partition coefficient (Wildman–Crippen LogP) is 3.11. The molecule has 3 aromatic rings. The zero-order valence-corrected chi connectivity index (χ0v) is 22.2. The second-order valence-corrected chi connectivity index (χ2v) is 10.4. The zero-order valence-electron chi connectivity index (χ0n) is 21.4. The molecule has 0 bridgehead atoms. The van der Waals surface area contributed by atoms with Gasteiger partial charge in [0.15, 0.2) is 10.8 Å². The third-order valence-electron chi connectivity index (χ3n) is 6.80. The summed E-state index contributed by atoms with van der Waals surface area (Å²) in [6.45, 7) is 5.41. The Morgan fingerprint density at radius 3 is 2.70 bits per heavy atom. The van der Waals surface area contributed by atoms with Crippen molar-refractivity contribution in [2.45, 2.75) is 44.3 Å². The minimum Gasteiger partial charge on any atom is -0.497 e. The van der Waals surface area contributed by atoms with Crippen LogP contribution in [0.3, 0.4) is 0 Å². The number of carbonyl (C=O) groups is 2. The first kappa shape index (κ1) is 25.3. The predicted molar refractivity (Wildman–Crippen MR) is 144 cm³/mol. The summed E-state index contributed by atoms with van der Waals surface area (Å²) in [4.78, 5) is 39.1. The Bertz CT molecular complexity index is 1260. The van der Waals surface area contributed by atoms with Crippen molar-refractivity contribution in [3.05, 3.63) is 30.5 Å². The number of anilines is 2. The maximum Gasteiger partial charge on any atom is 0.227 e. The van der Waals surface area contributed by atoms with Gasteiger partial charge in [0, 0.05) is 44.0 Å². The fourth-order valence-corrected chi connectivity index (χ4v) is 5.53. The van der Waals surface area contributed by atoms with E-state index in [0.29, 0.717) is 19.6 Å². The lowest BCUT2D eigenvalue weighted by atomic mass is 10.1. The number of ether oxygens (including phenoxy) is 1. The van der Waals surface area contributed by atoms with Gasteiger partial charge in [0.2, 0.25) is 11.8 Å². The molecule has 1 unspecified atom stereocenters. The normalized spacial score (nSPS) is 17.7. The quantitative estimate of drug-likeness (QED) is 0.319. The van der Waals surface area contributed by atoms with E-state index in [4.69, 9.17) is 14.7 Å². The van der Waals surface area contributed by atoms with Crippen LogP contribution >= 0.6 is 11.8 Å². The second-order valence-electron chi connectivity index (χ2n) is 9.37. The average Bonchev–Trinajstić information content (AvgIpc) is 3.68. The van der Waals surface area contributed by atoms with Gasteiger partial charge in [-0.1, -0.05) is 18.7 Å². The Balaban J connectivity index is 1.23. The van der Waals surface area contributed by atoms with Crippen LogP contribution in [-0.2, 0) is 16.1 Å². The van der Waals surface area contributed by atoms with Gasteiger partial charge in [-0.05, 0) is 43.5 Å². The Hall–Kier alpha value is -3.34. The molecular weight excluding hydrogens is 490 g/mol. The van der Waals surface area contributed by atoms with Gasteiger partial charge in [-0.3, -0.25) is 9.59 Å². The average molecular weight is 524 g/mol. The highest BCUT2D eigenvalue weighted by Gasteiger charge is 2.35. The van der Waals surface area contributed by atoms with Crippen LogP contribution in [-0.4, -0.2) is 70.6 Å². The first-order valence-electron chi connectivity index (χ1n) is 12.9. The third-order valence-corrected chi connectivity index (χ3v) is 7.85. The number of amides is 2. The fourth-order valence-electron chi connectivity index (χ4n) is 4.84. The number of carbonyl (C=O) groups excluding carboxylic acids is 2. The monoisotopic (exact) mass is 523 g/mol. The number of thioether (sulfide) groups is 1. The molecule has 0 radical (unpaired) electrons. The number of benzene rings is 1.